The average Bonchev–Trinajstić information content (AvgIpc) is 3.65. The molecule has 0 bridgehead atoms. The number of ketones is 1. The number of hydrogen-bond donors (Lipinski definition) is 1. The van der Waals surface area contributed by atoms with Crippen LogP contribution >= 0.6 is 23.1 Å². The van der Waals surface area contributed by atoms with Crippen LogP contribution in [0.25, 0.3) is 5.76 Å². The minimum absolute atomic E-state index is 0.123. The first-order valence-electron chi connectivity index (χ1n) is 14.5. The van der Waals surface area contributed by atoms with Gasteiger partial charge in [-0.1, -0.05) is 73.4 Å². The molecule has 0 spiro atoms. The molecule has 4 aromatic rings. The number of rotatable bonds is 14. The molecule has 46 heavy (non-hydrogen) atoms. The number of amides is 1. The van der Waals surface area contributed by atoms with Crippen LogP contribution in [0.5, 0.6) is 17.2 Å². The summed E-state index contributed by atoms with van der Waals surface area (Å²) in [5.41, 5.74) is 1.18. The summed E-state index contributed by atoms with van der Waals surface area (Å²) in [6.07, 6.45) is 3.49. The van der Waals surface area contributed by atoms with E-state index in [4.69, 9.17) is 14.2 Å². The first kappa shape index (κ1) is 32.7. The Hall–Kier alpha value is -4.68. The minimum Gasteiger partial charge on any atom is -0.507 e. The number of ether oxygens (including phenoxy) is 3. The Bertz CT molecular complexity index is 1760. The number of thioether (sulfide) groups is 1. The highest BCUT2D eigenvalue weighted by atomic mass is 32.2. The number of aromatic nitrogens is 2. The largest absolute Gasteiger partial charge is 0.507 e. The van der Waals surface area contributed by atoms with Crippen molar-refractivity contribution in [2.24, 2.45) is 0 Å². The smallest absolute Gasteiger partial charge is 0.301 e. The molecule has 1 aliphatic rings. The van der Waals surface area contributed by atoms with E-state index in [1.807, 2.05) is 0 Å². The quantitative estimate of drug-likeness (QED) is 0.0282. The maximum Gasteiger partial charge on any atom is 0.301 e. The van der Waals surface area contributed by atoms with E-state index >= 15 is 0 Å². The monoisotopic (exact) mass is 661 g/mol. The molecule has 2 heterocycles. The highest BCUT2D eigenvalue weighted by Crippen LogP contribution is 2.45. The normalized spacial score (nSPS) is 15.6. The molecule has 0 radical (unpaired) electrons. The molecule has 0 aliphatic carbocycles. The summed E-state index contributed by atoms with van der Waals surface area (Å²) in [5.74, 6) is -0.731. The molecular weight excluding hydrogens is 630 g/mol. The average molecular weight is 662 g/mol. The Morgan fingerprint density at radius 1 is 1.09 bits per heavy atom. The Labute approximate surface area is 274 Å². The van der Waals surface area contributed by atoms with Crippen molar-refractivity contribution in [1.82, 2.24) is 10.2 Å². The Morgan fingerprint density at radius 2 is 1.87 bits per heavy atom. The van der Waals surface area contributed by atoms with Crippen LogP contribution in [0.3, 0.4) is 0 Å². The summed E-state index contributed by atoms with van der Waals surface area (Å²) in [6.45, 7) is 6.54. The zero-order chi connectivity index (χ0) is 32.6. The lowest BCUT2D eigenvalue weighted by atomic mass is 9.95. The number of carbonyl (C=O) groups excluding carboxylic acids is 2. The maximum absolute atomic E-state index is 14.2. The van der Waals surface area contributed by atoms with Crippen molar-refractivity contribution in [3.63, 3.8) is 0 Å². The van der Waals surface area contributed by atoms with E-state index in [1.54, 1.807) is 66.7 Å². The fourth-order valence-electron chi connectivity index (χ4n) is 4.78. The van der Waals surface area contributed by atoms with Crippen LogP contribution < -0.4 is 19.1 Å². The number of Topliss-reactive ketones (excluding diaryl/α,β-unsaturated/α-hetero) is 1. The van der Waals surface area contributed by atoms with E-state index in [-0.39, 0.29) is 28.9 Å². The van der Waals surface area contributed by atoms with Gasteiger partial charge in [-0.15, -0.1) is 10.2 Å². The molecule has 1 aliphatic heterocycles. The predicted molar refractivity (Wildman–Crippen MR) is 176 cm³/mol. The molecule has 3 aromatic carbocycles. The van der Waals surface area contributed by atoms with Gasteiger partial charge < -0.3 is 19.3 Å². The van der Waals surface area contributed by atoms with E-state index in [1.165, 1.54) is 29.8 Å². The van der Waals surface area contributed by atoms with Gasteiger partial charge in [-0.25, -0.2) is 4.39 Å². The van der Waals surface area contributed by atoms with Crippen molar-refractivity contribution in [1.29, 1.82) is 0 Å². The first-order valence-corrected chi connectivity index (χ1v) is 16.3. The Balaban J connectivity index is 1.54. The fourth-order valence-corrected chi connectivity index (χ4v) is 6.63. The van der Waals surface area contributed by atoms with Gasteiger partial charge in [0.2, 0.25) is 5.13 Å². The van der Waals surface area contributed by atoms with E-state index in [0.29, 0.717) is 50.6 Å². The number of benzene rings is 3. The van der Waals surface area contributed by atoms with Crippen molar-refractivity contribution in [3.8, 4) is 17.2 Å². The molecule has 1 fully saturated rings. The number of nitrogens with zero attached hydrogens (tertiary/aromatic N) is 3. The highest BCUT2D eigenvalue weighted by molar-refractivity contribution is 8.00. The molecule has 1 atom stereocenters. The van der Waals surface area contributed by atoms with E-state index in [2.05, 4.69) is 23.7 Å². The van der Waals surface area contributed by atoms with Gasteiger partial charge in [-0.2, -0.15) is 0 Å². The summed E-state index contributed by atoms with van der Waals surface area (Å²) in [6, 6.07) is 17.0. The topological polar surface area (TPSA) is 111 Å². The lowest BCUT2D eigenvalue weighted by Gasteiger charge is -2.23. The molecule has 9 nitrogen and oxygen atoms in total. The minimum atomic E-state index is -1.07. The molecule has 5 rings (SSSR count). The maximum atomic E-state index is 14.2. The lowest BCUT2D eigenvalue weighted by molar-refractivity contribution is -0.132. The fraction of sp³-hybridized carbons (Fsp3) is 0.235. The number of aliphatic hydroxyl groups excluding tert-OH is 1. The SMILES string of the molecule is C=CCOc1ccc(C2C(=C(O)c3ccc(OCCCC)cc3)C(=O)C(=O)N2c2nnc(SCc3ccccc3F)s2)cc1OC. The lowest BCUT2D eigenvalue weighted by Crippen LogP contribution is -2.29. The molecule has 1 N–H and O–H groups in total. The summed E-state index contributed by atoms with van der Waals surface area (Å²) in [5, 5.41) is 20.1. The van der Waals surface area contributed by atoms with E-state index in [0.717, 1.165) is 24.2 Å². The highest BCUT2D eigenvalue weighted by Gasteiger charge is 2.48. The van der Waals surface area contributed by atoms with Gasteiger partial charge in [0.05, 0.1) is 25.3 Å². The Kier molecular flexibility index (Phi) is 10.7. The zero-order valence-corrected chi connectivity index (χ0v) is 26.9. The van der Waals surface area contributed by atoms with Crippen LogP contribution in [0.4, 0.5) is 9.52 Å². The van der Waals surface area contributed by atoms with Crippen LogP contribution in [-0.4, -0.2) is 47.3 Å². The summed E-state index contributed by atoms with van der Waals surface area (Å²) < 4.78 is 31.7. The number of aliphatic hydroxyl groups is 1. The second-order valence-corrected chi connectivity index (χ2v) is 12.3. The molecule has 238 valence electrons. The summed E-state index contributed by atoms with van der Waals surface area (Å²) in [4.78, 5) is 28.5. The van der Waals surface area contributed by atoms with Crippen molar-refractivity contribution in [2.75, 3.05) is 25.2 Å². The van der Waals surface area contributed by atoms with E-state index in [9.17, 15) is 19.1 Å². The number of carbonyl (C=O) groups is 2. The summed E-state index contributed by atoms with van der Waals surface area (Å²) >= 11 is 2.35. The van der Waals surface area contributed by atoms with Crippen molar-refractivity contribution in [2.45, 2.75) is 35.9 Å². The molecule has 1 aromatic heterocycles. The number of anilines is 1. The second-order valence-electron chi connectivity index (χ2n) is 10.1. The van der Waals surface area contributed by atoms with Gasteiger partial charge in [0.15, 0.2) is 15.8 Å². The third kappa shape index (κ3) is 7.08. The van der Waals surface area contributed by atoms with Gasteiger partial charge in [0, 0.05) is 11.3 Å². The van der Waals surface area contributed by atoms with E-state index < -0.39 is 17.7 Å². The second kappa shape index (κ2) is 15.1. The molecule has 0 saturated carbocycles. The van der Waals surface area contributed by atoms with Crippen molar-refractivity contribution >= 4 is 45.7 Å². The van der Waals surface area contributed by atoms with Gasteiger partial charge in [0.1, 0.15) is 23.9 Å². The van der Waals surface area contributed by atoms with Crippen molar-refractivity contribution in [3.05, 3.63) is 107 Å². The molecule has 1 saturated heterocycles. The molecule has 1 unspecified atom stereocenters. The zero-order valence-electron chi connectivity index (χ0n) is 25.3. The van der Waals surface area contributed by atoms with Gasteiger partial charge in [-0.3, -0.25) is 14.5 Å². The number of methoxy groups -OCH3 is 1. The van der Waals surface area contributed by atoms with Crippen LogP contribution in [0.1, 0.15) is 42.5 Å². The third-order valence-corrected chi connectivity index (χ3v) is 9.21. The van der Waals surface area contributed by atoms with Gasteiger partial charge >= 0.3 is 5.91 Å². The predicted octanol–water partition coefficient (Wildman–Crippen LogP) is 7.35. The van der Waals surface area contributed by atoms with Gasteiger partial charge in [0.25, 0.3) is 5.78 Å². The molecular formula is C34H32FN3O6S2. The number of unbranched alkanes of at least 4 members (excludes halogenated alkanes) is 1. The van der Waals surface area contributed by atoms with Gasteiger partial charge in [-0.05, 0) is 60.0 Å². The standard InChI is InChI=1S/C34H32FN3O6S2/c1-4-6-18-43-24-14-11-21(12-15-24)30(39)28-29(22-13-16-26(44-17-5-2)27(19-22)42-3)38(32(41)31(28)40)33-36-37-34(46-33)45-20-23-9-7-8-10-25(23)35/h5,7-16,19,29,39H,2,4,6,17-18,20H2,1,3H3. The van der Waals surface area contributed by atoms with Crippen molar-refractivity contribution < 1.29 is 33.3 Å². The number of halogens is 1. The Morgan fingerprint density at radius 3 is 2.59 bits per heavy atom. The van der Waals surface area contributed by atoms with Crippen LogP contribution in [-0.2, 0) is 15.3 Å². The van der Waals surface area contributed by atoms with Crippen LogP contribution in [0, 0.1) is 5.82 Å². The third-order valence-electron chi connectivity index (χ3n) is 7.11. The van der Waals surface area contributed by atoms with Crippen LogP contribution in [0.2, 0.25) is 0 Å². The number of hydrogen-bond acceptors (Lipinski definition) is 10. The molecule has 12 heteroatoms. The summed E-state index contributed by atoms with van der Waals surface area (Å²) in [7, 11) is 1.48. The van der Waals surface area contributed by atoms with Crippen LogP contribution in [0.15, 0.2) is 89.3 Å². The molecule has 1 amide bonds. The first-order chi connectivity index (χ1) is 22.4.